The molecule has 1 unspecified atom stereocenters. The highest BCUT2D eigenvalue weighted by Gasteiger charge is 2.53. The minimum absolute atomic E-state index is 0.00913. The van der Waals surface area contributed by atoms with Gasteiger partial charge in [-0.15, -0.1) is 0 Å². The van der Waals surface area contributed by atoms with Gasteiger partial charge in [0.1, 0.15) is 5.75 Å². The number of halogens is 3. The first-order chi connectivity index (χ1) is 12.6. The van der Waals surface area contributed by atoms with Crippen molar-refractivity contribution in [2.75, 3.05) is 6.61 Å². The number of alkyl halides is 3. The Labute approximate surface area is 156 Å². The number of amides is 1. The highest BCUT2D eigenvalue weighted by Crippen LogP contribution is 2.45. The maximum atomic E-state index is 14.1. The van der Waals surface area contributed by atoms with Crippen LogP contribution in [-0.2, 0) is 4.79 Å². The van der Waals surface area contributed by atoms with Crippen molar-refractivity contribution in [3.63, 3.8) is 0 Å². The van der Waals surface area contributed by atoms with Crippen LogP contribution in [0.4, 0.5) is 13.2 Å². The molecule has 1 atom stereocenters. The molecule has 1 N–H and O–H groups in total. The van der Waals surface area contributed by atoms with Crippen LogP contribution in [0.5, 0.6) is 5.75 Å². The Hall–Kier alpha value is -2.28. The fourth-order valence-corrected chi connectivity index (χ4v) is 3.56. The average molecular weight is 380 g/mol. The maximum absolute atomic E-state index is 14.1. The molecule has 3 rings (SSSR count). The molecule has 146 valence electrons. The van der Waals surface area contributed by atoms with Crippen LogP contribution in [0, 0.1) is 0 Å². The van der Waals surface area contributed by atoms with Gasteiger partial charge in [-0.2, -0.15) is 18.2 Å². The fraction of sp³-hybridized carbons (Fsp3) is 0.450. The van der Waals surface area contributed by atoms with E-state index in [0.29, 0.717) is 23.1 Å². The van der Waals surface area contributed by atoms with E-state index in [1.165, 1.54) is 6.07 Å². The van der Waals surface area contributed by atoms with Gasteiger partial charge in [0.15, 0.2) is 6.04 Å². The second kappa shape index (κ2) is 7.03. The number of carbonyl (C=O) groups excluding carboxylic acids is 1. The SMILES string of the molecule is CCCOc1cccc2c(C(N3NC(=O)CC3(C)C)C(F)(F)F)cccc12. The summed E-state index contributed by atoms with van der Waals surface area (Å²) < 4.78 is 48.1. The number of benzene rings is 2. The summed E-state index contributed by atoms with van der Waals surface area (Å²) in [5, 5.41) is 2.12. The quantitative estimate of drug-likeness (QED) is 0.814. The van der Waals surface area contributed by atoms with Crippen LogP contribution in [-0.4, -0.2) is 29.2 Å². The van der Waals surface area contributed by atoms with E-state index in [0.717, 1.165) is 11.4 Å². The molecular formula is C20H23F3N2O2. The Morgan fingerprint density at radius 2 is 1.85 bits per heavy atom. The third-order valence-corrected chi connectivity index (χ3v) is 4.73. The number of nitrogens with one attached hydrogen (secondary N) is 1. The lowest BCUT2D eigenvalue weighted by atomic mass is 9.93. The second-order valence-electron chi connectivity index (χ2n) is 7.39. The van der Waals surface area contributed by atoms with Crippen LogP contribution in [0.15, 0.2) is 36.4 Å². The Bertz CT molecular complexity index is 849. The van der Waals surface area contributed by atoms with Crippen LogP contribution < -0.4 is 10.2 Å². The van der Waals surface area contributed by atoms with Gasteiger partial charge >= 0.3 is 6.18 Å². The molecule has 1 aliphatic rings. The highest BCUT2D eigenvalue weighted by molar-refractivity contribution is 5.91. The lowest BCUT2D eigenvalue weighted by Crippen LogP contribution is -2.51. The maximum Gasteiger partial charge on any atom is 0.409 e. The zero-order chi connectivity index (χ0) is 19.8. The summed E-state index contributed by atoms with van der Waals surface area (Å²) >= 11 is 0. The minimum atomic E-state index is -4.57. The summed E-state index contributed by atoms with van der Waals surface area (Å²) in [6, 6.07) is 7.97. The van der Waals surface area contributed by atoms with Crippen LogP contribution in [0.1, 0.15) is 45.2 Å². The topological polar surface area (TPSA) is 41.6 Å². The molecule has 1 saturated heterocycles. The van der Waals surface area contributed by atoms with E-state index in [-0.39, 0.29) is 12.0 Å². The number of hydrogen-bond donors (Lipinski definition) is 1. The van der Waals surface area contributed by atoms with E-state index in [2.05, 4.69) is 5.43 Å². The molecule has 0 saturated carbocycles. The van der Waals surface area contributed by atoms with Crippen LogP contribution >= 0.6 is 0 Å². The van der Waals surface area contributed by atoms with Gasteiger partial charge < -0.3 is 4.74 Å². The summed E-state index contributed by atoms with van der Waals surface area (Å²) in [6.45, 7) is 5.71. The van der Waals surface area contributed by atoms with Gasteiger partial charge in [-0.25, -0.2) is 0 Å². The van der Waals surface area contributed by atoms with Crippen molar-refractivity contribution in [2.45, 2.75) is 51.4 Å². The number of hydrogen-bond acceptors (Lipinski definition) is 3. The number of ether oxygens (including phenoxy) is 1. The van der Waals surface area contributed by atoms with Crippen LogP contribution in [0.3, 0.4) is 0 Å². The van der Waals surface area contributed by atoms with E-state index in [1.807, 2.05) is 6.92 Å². The third-order valence-electron chi connectivity index (χ3n) is 4.73. The monoisotopic (exact) mass is 380 g/mol. The van der Waals surface area contributed by atoms with Gasteiger partial charge in [0.05, 0.1) is 6.61 Å². The average Bonchev–Trinajstić information content (AvgIpc) is 2.84. The van der Waals surface area contributed by atoms with Crippen molar-refractivity contribution in [3.8, 4) is 5.75 Å². The predicted octanol–water partition coefficient (Wildman–Crippen LogP) is 4.75. The second-order valence-corrected chi connectivity index (χ2v) is 7.39. The molecule has 2 aromatic rings. The molecule has 1 aliphatic heterocycles. The fourth-order valence-electron chi connectivity index (χ4n) is 3.56. The van der Waals surface area contributed by atoms with E-state index in [4.69, 9.17) is 4.74 Å². The Balaban J connectivity index is 2.16. The molecule has 1 amide bonds. The predicted molar refractivity (Wildman–Crippen MR) is 97.2 cm³/mol. The molecule has 1 heterocycles. The Kier molecular flexibility index (Phi) is 5.08. The summed E-state index contributed by atoms with van der Waals surface area (Å²) in [6.07, 6.45) is -3.76. The lowest BCUT2D eigenvalue weighted by molar-refractivity contribution is -0.203. The van der Waals surface area contributed by atoms with Gasteiger partial charge in [-0.1, -0.05) is 37.3 Å². The molecule has 0 bridgehead atoms. The van der Waals surface area contributed by atoms with Crippen LogP contribution in [0.25, 0.3) is 10.8 Å². The largest absolute Gasteiger partial charge is 0.493 e. The van der Waals surface area contributed by atoms with E-state index >= 15 is 0 Å². The molecule has 4 nitrogen and oxygen atoms in total. The lowest BCUT2D eigenvalue weighted by Gasteiger charge is -2.38. The van der Waals surface area contributed by atoms with Gasteiger partial charge in [0.25, 0.3) is 0 Å². The molecule has 0 aliphatic carbocycles. The first kappa shape index (κ1) is 19.5. The minimum Gasteiger partial charge on any atom is -0.493 e. The summed E-state index contributed by atoms with van der Waals surface area (Å²) in [7, 11) is 0. The van der Waals surface area contributed by atoms with Crippen molar-refractivity contribution >= 4 is 16.7 Å². The Morgan fingerprint density at radius 1 is 1.19 bits per heavy atom. The number of carbonyl (C=O) groups is 1. The zero-order valence-electron chi connectivity index (χ0n) is 15.6. The summed E-state index contributed by atoms with van der Waals surface area (Å²) in [4.78, 5) is 11.8. The number of rotatable bonds is 5. The molecule has 0 aromatic heterocycles. The number of hydrazine groups is 1. The highest BCUT2D eigenvalue weighted by atomic mass is 19.4. The Morgan fingerprint density at radius 3 is 2.44 bits per heavy atom. The van der Waals surface area contributed by atoms with Crippen molar-refractivity contribution in [1.82, 2.24) is 10.4 Å². The first-order valence-electron chi connectivity index (χ1n) is 8.95. The molecule has 2 aromatic carbocycles. The third kappa shape index (κ3) is 3.74. The van der Waals surface area contributed by atoms with Gasteiger partial charge in [0.2, 0.25) is 5.91 Å². The number of nitrogens with zero attached hydrogens (tertiary/aromatic N) is 1. The van der Waals surface area contributed by atoms with Crippen LogP contribution in [0.2, 0.25) is 0 Å². The van der Waals surface area contributed by atoms with E-state index < -0.39 is 23.7 Å². The van der Waals surface area contributed by atoms with Gasteiger partial charge in [0, 0.05) is 17.3 Å². The molecule has 7 heteroatoms. The first-order valence-corrected chi connectivity index (χ1v) is 8.95. The molecular weight excluding hydrogens is 357 g/mol. The smallest absolute Gasteiger partial charge is 0.409 e. The normalized spacial score (nSPS) is 18.5. The van der Waals surface area contributed by atoms with Crippen molar-refractivity contribution in [1.29, 1.82) is 0 Å². The van der Waals surface area contributed by atoms with Crippen molar-refractivity contribution < 1.29 is 22.7 Å². The standard InChI is InChI=1S/C20H23F3N2O2/c1-4-11-27-16-10-6-7-13-14(16)8-5-9-15(13)18(20(21,22)23)25-19(2,3)12-17(26)24-25/h5-10,18H,4,11-12H2,1-3H3,(H,24,26). The van der Waals surface area contributed by atoms with Gasteiger partial charge in [-0.3, -0.25) is 10.2 Å². The summed E-state index contributed by atoms with van der Waals surface area (Å²) in [5.74, 6) is 0.142. The number of fused-ring (bicyclic) bond motifs is 1. The summed E-state index contributed by atoms with van der Waals surface area (Å²) in [5.41, 5.74) is 1.54. The molecule has 27 heavy (non-hydrogen) atoms. The zero-order valence-corrected chi connectivity index (χ0v) is 15.6. The van der Waals surface area contributed by atoms with E-state index in [9.17, 15) is 18.0 Å². The van der Waals surface area contributed by atoms with E-state index in [1.54, 1.807) is 44.2 Å². The van der Waals surface area contributed by atoms with Crippen molar-refractivity contribution in [3.05, 3.63) is 42.0 Å². The molecule has 1 fully saturated rings. The molecule has 0 spiro atoms. The van der Waals surface area contributed by atoms with Crippen molar-refractivity contribution in [2.24, 2.45) is 0 Å². The van der Waals surface area contributed by atoms with Gasteiger partial charge in [-0.05, 0) is 37.3 Å². The molecule has 0 radical (unpaired) electrons.